The standard InChI is InChI=1S/C24H26N6O/c1-14-5-8-21(27-13-14)29-19-11-17-12-20(19)30(16(17)3)24(31)22-18(7-6-15(2)28-22)23-25-9-4-10-26-23/h4-10,13,16-17,19-20H,11-12H2,1-3H3,(H,27,29). The van der Waals surface area contributed by atoms with Crippen molar-refractivity contribution in [3.05, 3.63) is 65.9 Å². The number of hydrogen-bond donors (Lipinski definition) is 1. The smallest absolute Gasteiger partial charge is 0.273 e. The molecular formula is C24H26N6O. The van der Waals surface area contributed by atoms with Gasteiger partial charge < -0.3 is 10.2 Å². The van der Waals surface area contributed by atoms with Crippen molar-refractivity contribution < 1.29 is 4.79 Å². The van der Waals surface area contributed by atoms with E-state index in [1.165, 1.54) is 0 Å². The molecule has 1 aliphatic heterocycles. The third-order valence-corrected chi connectivity index (χ3v) is 6.57. The van der Waals surface area contributed by atoms with Crippen LogP contribution in [0.15, 0.2) is 48.9 Å². The Hall–Kier alpha value is -3.35. The quantitative estimate of drug-likeness (QED) is 0.702. The molecule has 5 rings (SSSR count). The van der Waals surface area contributed by atoms with Gasteiger partial charge in [0.2, 0.25) is 0 Å². The molecule has 1 amide bonds. The van der Waals surface area contributed by atoms with Crippen molar-refractivity contribution >= 4 is 11.7 Å². The Labute approximate surface area is 182 Å². The summed E-state index contributed by atoms with van der Waals surface area (Å²) in [6.07, 6.45) is 7.28. The summed E-state index contributed by atoms with van der Waals surface area (Å²) in [5, 5.41) is 3.56. The molecule has 4 unspecified atom stereocenters. The Bertz CT molecular complexity index is 1100. The number of pyridine rings is 2. The van der Waals surface area contributed by atoms with E-state index >= 15 is 0 Å². The highest BCUT2D eigenvalue weighted by molar-refractivity contribution is 5.99. The first kappa shape index (κ1) is 19.6. The number of carbonyl (C=O) groups excluding carboxylic acids is 1. The first-order chi connectivity index (χ1) is 15.0. The predicted molar refractivity (Wildman–Crippen MR) is 119 cm³/mol. The van der Waals surface area contributed by atoms with Gasteiger partial charge in [-0.25, -0.2) is 19.9 Å². The largest absolute Gasteiger partial charge is 0.365 e. The molecule has 4 atom stereocenters. The predicted octanol–water partition coefficient (Wildman–Crippen LogP) is 3.65. The maximum absolute atomic E-state index is 13.8. The number of amides is 1. The van der Waals surface area contributed by atoms with Crippen LogP contribution in [0.3, 0.4) is 0 Å². The summed E-state index contributed by atoms with van der Waals surface area (Å²) in [6, 6.07) is 10.1. The summed E-state index contributed by atoms with van der Waals surface area (Å²) < 4.78 is 0. The van der Waals surface area contributed by atoms with Crippen LogP contribution < -0.4 is 5.32 Å². The molecule has 3 aromatic rings. The van der Waals surface area contributed by atoms with Crippen LogP contribution in [0, 0.1) is 19.8 Å². The molecule has 2 fully saturated rings. The van der Waals surface area contributed by atoms with Crippen molar-refractivity contribution in [2.45, 2.75) is 51.7 Å². The molecule has 2 aliphatic rings. The van der Waals surface area contributed by atoms with E-state index in [4.69, 9.17) is 0 Å². The molecule has 1 N–H and O–H groups in total. The second kappa shape index (κ2) is 7.72. The number of piperidine rings is 1. The van der Waals surface area contributed by atoms with Crippen LogP contribution in [0.25, 0.3) is 11.4 Å². The summed E-state index contributed by atoms with van der Waals surface area (Å²) in [5.74, 6) is 1.80. The highest BCUT2D eigenvalue weighted by Crippen LogP contribution is 2.44. The van der Waals surface area contributed by atoms with Gasteiger partial charge in [-0.05, 0) is 69.4 Å². The number of carbonyl (C=O) groups is 1. The normalized spacial score (nSPS) is 24.4. The second-order valence-electron chi connectivity index (χ2n) is 8.64. The minimum absolute atomic E-state index is 0.0467. The SMILES string of the molecule is Cc1ccc(NC2CC3CC2N(C(=O)c2nc(C)ccc2-c2ncccn2)C3C)nc1. The minimum Gasteiger partial charge on any atom is -0.365 e. The molecule has 31 heavy (non-hydrogen) atoms. The van der Waals surface area contributed by atoms with Gasteiger partial charge in [0, 0.05) is 36.4 Å². The zero-order chi connectivity index (χ0) is 21.5. The van der Waals surface area contributed by atoms with Crippen molar-refractivity contribution in [1.82, 2.24) is 24.8 Å². The fraction of sp³-hybridized carbons (Fsp3) is 0.375. The van der Waals surface area contributed by atoms with Crippen LogP contribution in [-0.4, -0.2) is 48.9 Å². The number of nitrogens with one attached hydrogen (secondary N) is 1. The lowest BCUT2D eigenvalue weighted by atomic mass is 9.97. The Morgan fingerprint density at radius 2 is 1.87 bits per heavy atom. The van der Waals surface area contributed by atoms with Gasteiger partial charge in [-0.15, -0.1) is 0 Å². The first-order valence-electron chi connectivity index (χ1n) is 10.8. The van der Waals surface area contributed by atoms with Gasteiger partial charge in [0.25, 0.3) is 5.91 Å². The van der Waals surface area contributed by atoms with Crippen molar-refractivity contribution in [3.8, 4) is 11.4 Å². The van der Waals surface area contributed by atoms with Crippen LogP contribution in [0.2, 0.25) is 0 Å². The zero-order valence-electron chi connectivity index (χ0n) is 18.0. The summed E-state index contributed by atoms with van der Waals surface area (Å²) >= 11 is 0. The number of likely N-dealkylation sites (tertiary alicyclic amines) is 1. The van der Waals surface area contributed by atoms with Crippen LogP contribution >= 0.6 is 0 Å². The van der Waals surface area contributed by atoms with E-state index in [9.17, 15) is 4.79 Å². The molecule has 0 aromatic carbocycles. The van der Waals surface area contributed by atoms with Gasteiger partial charge in [-0.3, -0.25) is 4.79 Å². The van der Waals surface area contributed by atoms with Crippen LogP contribution in [0.5, 0.6) is 0 Å². The van der Waals surface area contributed by atoms with Gasteiger partial charge >= 0.3 is 0 Å². The molecule has 1 saturated heterocycles. The Kier molecular flexibility index (Phi) is 4.88. The highest BCUT2D eigenvalue weighted by atomic mass is 16.2. The molecule has 158 valence electrons. The average molecular weight is 415 g/mol. The number of aryl methyl sites for hydroxylation is 2. The maximum Gasteiger partial charge on any atom is 0.273 e. The zero-order valence-corrected chi connectivity index (χ0v) is 18.0. The molecule has 3 aromatic heterocycles. The van der Waals surface area contributed by atoms with Crippen molar-refractivity contribution in [2.24, 2.45) is 5.92 Å². The second-order valence-corrected chi connectivity index (χ2v) is 8.64. The molecule has 1 aliphatic carbocycles. The van der Waals surface area contributed by atoms with Crippen molar-refractivity contribution in [1.29, 1.82) is 0 Å². The Morgan fingerprint density at radius 1 is 1.06 bits per heavy atom. The number of aromatic nitrogens is 4. The van der Waals surface area contributed by atoms with Gasteiger partial charge in [-0.1, -0.05) is 6.07 Å². The third-order valence-electron chi connectivity index (χ3n) is 6.57. The van der Waals surface area contributed by atoms with Gasteiger partial charge in [0.15, 0.2) is 5.82 Å². The highest BCUT2D eigenvalue weighted by Gasteiger charge is 2.52. The van der Waals surface area contributed by atoms with Gasteiger partial charge in [0.05, 0.1) is 11.6 Å². The first-order valence-corrected chi connectivity index (χ1v) is 10.8. The molecule has 7 nitrogen and oxygen atoms in total. The fourth-order valence-corrected chi connectivity index (χ4v) is 4.98. The lowest BCUT2D eigenvalue weighted by molar-refractivity contribution is 0.0592. The van der Waals surface area contributed by atoms with E-state index in [0.717, 1.165) is 29.9 Å². The van der Waals surface area contributed by atoms with E-state index in [2.05, 4.69) is 38.2 Å². The van der Waals surface area contributed by atoms with Crippen molar-refractivity contribution in [3.63, 3.8) is 0 Å². The molecule has 7 heteroatoms. The molecule has 0 spiro atoms. The molecule has 1 saturated carbocycles. The van der Waals surface area contributed by atoms with E-state index in [0.29, 0.717) is 23.0 Å². The van der Waals surface area contributed by atoms with E-state index in [-0.39, 0.29) is 24.0 Å². The maximum atomic E-state index is 13.8. The topological polar surface area (TPSA) is 83.9 Å². The van der Waals surface area contributed by atoms with Gasteiger partial charge in [-0.2, -0.15) is 0 Å². The lowest BCUT2D eigenvalue weighted by Crippen LogP contribution is -2.52. The summed E-state index contributed by atoms with van der Waals surface area (Å²) in [7, 11) is 0. The number of fused-ring (bicyclic) bond motifs is 2. The van der Waals surface area contributed by atoms with Crippen molar-refractivity contribution in [2.75, 3.05) is 5.32 Å². The number of hydrogen-bond acceptors (Lipinski definition) is 6. The van der Waals surface area contributed by atoms with E-state index < -0.39 is 0 Å². The van der Waals surface area contributed by atoms with E-state index in [1.54, 1.807) is 18.5 Å². The van der Waals surface area contributed by atoms with E-state index in [1.807, 2.05) is 43.1 Å². The molecule has 2 bridgehead atoms. The molecule has 4 heterocycles. The number of anilines is 1. The summed E-state index contributed by atoms with van der Waals surface area (Å²) in [4.78, 5) is 33.6. The van der Waals surface area contributed by atoms with Gasteiger partial charge in [0.1, 0.15) is 11.5 Å². The lowest BCUT2D eigenvalue weighted by Gasteiger charge is -2.38. The Morgan fingerprint density at radius 3 is 2.58 bits per heavy atom. The minimum atomic E-state index is -0.0467. The Balaban J connectivity index is 1.45. The number of rotatable bonds is 4. The van der Waals surface area contributed by atoms with Crippen LogP contribution in [0.1, 0.15) is 41.5 Å². The average Bonchev–Trinajstić information content (AvgIpc) is 3.33. The summed E-state index contributed by atoms with van der Waals surface area (Å²) in [5.41, 5.74) is 3.04. The summed E-state index contributed by atoms with van der Waals surface area (Å²) in [6.45, 7) is 6.08. The van der Waals surface area contributed by atoms with Crippen LogP contribution in [0.4, 0.5) is 5.82 Å². The fourth-order valence-electron chi connectivity index (χ4n) is 4.98. The number of nitrogens with zero attached hydrogens (tertiary/aromatic N) is 5. The monoisotopic (exact) mass is 414 g/mol. The molecular weight excluding hydrogens is 388 g/mol. The molecule has 0 radical (unpaired) electrons. The third kappa shape index (κ3) is 3.54. The van der Waals surface area contributed by atoms with Crippen LogP contribution in [-0.2, 0) is 0 Å².